The lowest BCUT2D eigenvalue weighted by Gasteiger charge is -2.21. The second kappa shape index (κ2) is 6.77. The Morgan fingerprint density at radius 2 is 1.90 bits per heavy atom. The predicted octanol–water partition coefficient (Wildman–Crippen LogP) is 6.26. The highest BCUT2D eigenvalue weighted by Gasteiger charge is 2.12. The molecule has 20 heavy (non-hydrogen) atoms. The summed E-state index contributed by atoms with van der Waals surface area (Å²) in [6, 6.07) is 13.0. The van der Waals surface area contributed by atoms with Gasteiger partial charge in [0.05, 0.1) is 0 Å². The van der Waals surface area contributed by atoms with Crippen LogP contribution in [-0.2, 0) is 6.42 Å². The molecule has 3 heteroatoms. The van der Waals surface area contributed by atoms with Crippen molar-refractivity contribution in [3.8, 4) is 0 Å². The van der Waals surface area contributed by atoms with Crippen LogP contribution in [0.2, 0.25) is 0 Å². The molecule has 0 spiro atoms. The number of benzene rings is 2. The van der Waals surface area contributed by atoms with Crippen molar-refractivity contribution in [3.63, 3.8) is 0 Å². The van der Waals surface area contributed by atoms with E-state index in [1.807, 2.05) is 0 Å². The van der Waals surface area contributed by atoms with Gasteiger partial charge in [0.1, 0.15) is 0 Å². The fraction of sp³-hybridized carbons (Fsp3) is 0.294. The van der Waals surface area contributed by atoms with E-state index in [-0.39, 0.29) is 6.04 Å². The van der Waals surface area contributed by atoms with Crippen LogP contribution in [0.4, 0.5) is 5.69 Å². The molecule has 1 unspecified atom stereocenters. The minimum Gasteiger partial charge on any atom is -0.378 e. The number of anilines is 1. The zero-order valence-electron chi connectivity index (χ0n) is 12.0. The van der Waals surface area contributed by atoms with Crippen LogP contribution < -0.4 is 5.32 Å². The molecule has 0 fully saturated rings. The SMILES string of the molecule is CCc1cccc(C)c1NC(C)c1ccc(Br)cc1Br. The lowest BCUT2D eigenvalue weighted by atomic mass is 10.0. The van der Waals surface area contributed by atoms with E-state index in [1.54, 1.807) is 0 Å². The van der Waals surface area contributed by atoms with Crippen LogP contribution >= 0.6 is 31.9 Å². The van der Waals surface area contributed by atoms with Gasteiger partial charge in [-0.15, -0.1) is 0 Å². The maximum atomic E-state index is 3.66. The quantitative estimate of drug-likeness (QED) is 0.643. The molecule has 1 nitrogen and oxygen atoms in total. The van der Waals surface area contributed by atoms with Crippen LogP contribution in [0.5, 0.6) is 0 Å². The van der Waals surface area contributed by atoms with Gasteiger partial charge in [0.2, 0.25) is 0 Å². The Labute approximate surface area is 138 Å². The van der Waals surface area contributed by atoms with Crippen LogP contribution in [0.15, 0.2) is 45.3 Å². The summed E-state index contributed by atoms with van der Waals surface area (Å²) in [4.78, 5) is 0. The van der Waals surface area contributed by atoms with Gasteiger partial charge in [-0.2, -0.15) is 0 Å². The molecule has 2 aromatic carbocycles. The van der Waals surface area contributed by atoms with Gasteiger partial charge in [0, 0.05) is 20.7 Å². The molecule has 1 N–H and O–H groups in total. The van der Waals surface area contributed by atoms with Crippen LogP contribution in [0.25, 0.3) is 0 Å². The maximum Gasteiger partial charge on any atom is 0.0497 e. The Kier molecular flexibility index (Phi) is 5.28. The number of nitrogens with one attached hydrogen (secondary N) is 1. The van der Waals surface area contributed by atoms with Crippen LogP contribution in [0, 0.1) is 6.92 Å². The van der Waals surface area contributed by atoms with Crippen molar-refractivity contribution in [3.05, 3.63) is 62.0 Å². The third-order valence-corrected chi connectivity index (χ3v) is 4.71. The molecule has 0 amide bonds. The van der Waals surface area contributed by atoms with Gasteiger partial charge in [-0.1, -0.05) is 63.0 Å². The van der Waals surface area contributed by atoms with Gasteiger partial charge in [0.15, 0.2) is 0 Å². The standard InChI is InChI=1S/C17H19Br2N/c1-4-13-7-5-6-11(2)17(13)20-12(3)15-9-8-14(18)10-16(15)19/h5-10,12,20H,4H2,1-3H3. The number of hydrogen-bond donors (Lipinski definition) is 1. The summed E-state index contributed by atoms with van der Waals surface area (Å²) in [5.74, 6) is 0. The van der Waals surface area contributed by atoms with Crippen LogP contribution in [-0.4, -0.2) is 0 Å². The van der Waals surface area contributed by atoms with Crippen molar-refractivity contribution >= 4 is 37.5 Å². The van der Waals surface area contributed by atoms with E-state index in [0.717, 1.165) is 15.4 Å². The van der Waals surface area contributed by atoms with Crippen molar-refractivity contribution in [1.82, 2.24) is 0 Å². The molecule has 0 saturated heterocycles. The molecule has 0 aliphatic heterocycles. The van der Waals surface area contributed by atoms with E-state index in [0.29, 0.717) is 0 Å². The van der Waals surface area contributed by atoms with Gasteiger partial charge in [-0.05, 0) is 49.1 Å². The lowest BCUT2D eigenvalue weighted by molar-refractivity contribution is 0.871. The first-order valence-electron chi connectivity index (χ1n) is 6.83. The van der Waals surface area contributed by atoms with E-state index < -0.39 is 0 Å². The maximum absolute atomic E-state index is 3.66. The second-order valence-electron chi connectivity index (χ2n) is 4.99. The van der Waals surface area contributed by atoms with Crippen molar-refractivity contribution in [2.45, 2.75) is 33.2 Å². The molecule has 2 rings (SSSR count). The zero-order chi connectivity index (χ0) is 14.7. The van der Waals surface area contributed by atoms with Crippen molar-refractivity contribution in [2.24, 2.45) is 0 Å². The number of aryl methyl sites for hydroxylation is 2. The Morgan fingerprint density at radius 3 is 2.55 bits per heavy atom. The average molecular weight is 397 g/mol. The van der Waals surface area contributed by atoms with E-state index in [1.165, 1.54) is 22.4 Å². The fourth-order valence-electron chi connectivity index (χ4n) is 2.38. The number of hydrogen-bond acceptors (Lipinski definition) is 1. The third-order valence-electron chi connectivity index (χ3n) is 3.53. The smallest absolute Gasteiger partial charge is 0.0497 e. The molecule has 106 valence electrons. The number of rotatable bonds is 4. The Balaban J connectivity index is 2.30. The van der Waals surface area contributed by atoms with Crippen LogP contribution in [0.3, 0.4) is 0 Å². The fourth-order valence-corrected chi connectivity index (χ4v) is 3.77. The highest BCUT2D eigenvalue weighted by atomic mass is 79.9. The van der Waals surface area contributed by atoms with E-state index in [4.69, 9.17) is 0 Å². The molecule has 0 aromatic heterocycles. The summed E-state index contributed by atoms with van der Waals surface area (Å²) in [6.07, 6.45) is 1.04. The van der Waals surface area contributed by atoms with Crippen molar-refractivity contribution < 1.29 is 0 Å². The van der Waals surface area contributed by atoms with Gasteiger partial charge in [-0.25, -0.2) is 0 Å². The van der Waals surface area contributed by atoms with E-state index >= 15 is 0 Å². The molecule has 2 aromatic rings. The summed E-state index contributed by atoms with van der Waals surface area (Å²) in [5, 5.41) is 3.66. The highest BCUT2D eigenvalue weighted by molar-refractivity contribution is 9.11. The Bertz CT molecular complexity index is 608. The molecular formula is C17H19Br2N. The lowest BCUT2D eigenvalue weighted by Crippen LogP contribution is -2.10. The number of para-hydroxylation sites is 1. The van der Waals surface area contributed by atoms with Gasteiger partial charge >= 0.3 is 0 Å². The van der Waals surface area contributed by atoms with Gasteiger partial charge in [-0.3, -0.25) is 0 Å². The predicted molar refractivity (Wildman–Crippen MR) is 94.4 cm³/mol. The van der Waals surface area contributed by atoms with Crippen molar-refractivity contribution in [1.29, 1.82) is 0 Å². The summed E-state index contributed by atoms with van der Waals surface area (Å²) >= 11 is 7.14. The monoisotopic (exact) mass is 395 g/mol. The minimum atomic E-state index is 0.254. The minimum absolute atomic E-state index is 0.254. The molecule has 0 radical (unpaired) electrons. The molecule has 0 aliphatic rings. The molecule has 0 aliphatic carbocycles. The zero-order valence-corrected chi connectivity index (χ0v) is 15.2. The molecular weight excluding hydrogens is 378 g/mol. The largest absolute Gasteiger partial charge is 0.378 e. The third kappa shape index (κ3) is 3.44. The topological polar surface area (TPSA) is 12.0 Å². The summed E-state index contributed by atoms with van der Waals surface area (Å²) in [5.41, 5.74) is 5.19. The van der Waals surface area contributed by atoms with E-state index in [9.17, 15) is 0 Å². The summed E-state index contributed by atoms with van der Waals surface area (Å²) < 4.78 is 2.21. The van der Waals surface area contributed by atoms with Crippen molar-refractivity contribution in [2.75, 3.05) is 5.32 Å². The average Bonchev–Trinajstić information content (AvgIpc) is 2.40. The molecule has 0 bridgehead atoms. The first-order chi connectivity index (χ1) is 9.52. The Hall–Kier alpha value is -0.800. The second-order valence-corrected chi connectivity index (χ2v) is 6.76. The summed E-state index contributed by atoms with van der Waals surface area (Å²) in [6.45, 7) is 6.55. The van der Waals surface area contributed by atoms with Gasteiger partial charge < -0.3 is 5.32 Å². The Morgan fingerprint density at radius 1 is 1.15 bits per heavy atom. The first kappa shape index (κ1) is 15.6. The van der Waals surface area contributed by atoms with E-state index in [2.05, 4.69) is 94.3 Å². The normalized spacial score (nSPS) is 12.2. The molecule has 1 atom stereocenters. The van der Waals surface area contributed by atoms with Gasteiger partial charge in [0.25, 0.3) is 0 Å². The highest BCUT2D eigenvalue weighted by Crippen LogP contribution is 2.31. The molecule has 0 saturated carbocycles. The number of halogens is 2. The first-order valence-corrected chi connectivity index (χ1v) is 8.41. The summed E-state index contributed by atoms with van der Waals surface area (Å²) in [7, 11) is 0. The molecule has 0 heterocycles. The van der Waals surface area contributed by atoms with Crippen LogP contribution in [0.1, 0.15) is 36.6 Å².